The van der Waals surface area contributed by atoms with Crippen LogP contribution in [0.3, 0.4) is 0 Å². The standard InChI is InChI=1S/C12H11Cl2N/c13-6-8-4-5-9(7-14)12-10(8)2-1-3-11(12)15/h1-5H,6-7,15H2. The first kappa shape index (κ1) is 10.6. The van der Waals surface area contributed by atoms with Crippen molar-refractivity contribution in [2.45, 2.75) is 11.8 Å². The quantitative estimate of drug-likeness (QED) is 0.625. The minimum absolute atomic E-state index is 0.466. The smallest absolute Gasteiger partial charge is 0.0481 e. The summed E-state index contributed by atoms with van der Waals surface area (Å²) in [7, 11) is 0. The number of hydrogen-bond acceptors (Lipinski definition) is 1. The summed E-state index contributed by atoms with van der Waals surface area (Å²) >= 11 is 11.8. The zero-order valence-corrected chi connectivity index (χ0v) is 9.65. The lowest BCUT2D eigenvalue weighted by molar-refractivity contribution is 1.39. The van der Waals surface area contributed by atoms with Gasteiger partial charge in [0.05, 0.1) is 0 Å². The first-order chi connectivity index (χ1) is 7.27. The maximum atomic E-state index is 5.95. The second kappa shape index (κ2) is 4.30. The van der Waals surface area contributed by atoms with Crippen molar-refractivity contribution in [1.29, 1.82) is 0 Å². The van der Waals surface area contributed by atoms with Gasteiger partial charge in [-0.15, -0.1) is 23.2 Å². The van der Waals surface area contributed by atoms with E-state index in [1.54, 1.807) is 0 Å². The summed E-state index contributed by atoms with van der Waals surface area (Å²) in [6.45, 7) is 0. The average molecular weight is 240 g/mol. The lowest BCUT2D eigenvalue weighted by Crippen LogP contribution is -1.93. The normalized spacial score (nSPS) is 10.8. The maximum absolute atomic E-state index is 5.95. The number of nitrogen functional groups attached to an aromatic ring is 1. The highest BCUT2D eigenvalue weighted by Crippen LogP contribution is 2.29. The molecule has 3 heteroatoms. The van der Waals surface area contributed by atoms with Crippen LogP contribution < -0.4 is 5.73 Å². The van der Waals surface area contributed by atoms with Gasteiger partial charge in [0.1, 0.15) is 0 Å². The molecule has 0 amide bonds. The molecule has 0 heterocycles. The fourth-order valence-corrected chi connectivity index (χ4v) is 2.25. The third-order valence-corrected chi connectivity index (χ3v) is 3.11. The molecule has 2 aromatic carbocycles. The molecule has 0 atom stereocenters. The van der Waals surface area contributed by atoms with Crippen LogP contribution in [0.5, 0.6) is 0 Å². The van der Waals surface area contributed by atoms with Crippen molar-refractivity contribution < 1.29 is 0 Å². The topological polar surface area (TPSA) is 26.0 Å². The summed E-state index contributed by atoms with van der Waals surface area (Å²) in [5.74, 6) is 0.954. The second-order valence-electron chi connectivity index (χ2n) is 3.42. The number of alkyl halides is 2. The van der Waals surface area contributed by atoms with Crippen molar-refractivity contribution in [3.05, 3.63) is 41.5 Å². The molecule has 0 unspecified atom stereocenters. The number of fused-ring (bicyclic) bond motifs is 1. The van der Waals surface area contributed by atoms with E-state index in [4.69, 9.17) is 28.9 Å². The van der Waals surface area contributed by atoms with Crippen molar-refractivity contribution >= 4 is 39.7 Å². The van der Waals surface area contributed by atoms with Crippen LogP contribution >= 0.6 is 23.2 Å². The lowest BCUT2D eigenvalue weighted by atomic mass is 10.00. The summed E-state index contributed by atoms with van der Waals surface area (Å²) in [5, 5.41) is 2.13. The predicted octanol–water partition coefficient (Wildman–Crippen LogP) is 3.90. The number of hydrogen-bond donors (Lipinski definition) is 1. The van der Waals surface area contributed by atoms with E-state index >= 15 is 0 Å². The van der Waals surface area contributed by atoms with Crippen LogP contribution in [-0.4, -0.2) is 0 Å². The van der Waals surface area contributed by atoms with Gasteiger partial charge in [-0.05, 0) is 22.6 Å². The van der Waals surface area contributed by atoms with E-state index in [9.17, 15) is 0 Å². The predicted molar refractivity (Wildman–Crippen MR) is 67.5 cm³/mol. The number of anilines is 1. The van der Waals surface area contributed by atoms with Gasteiger partial charge in [-0.25, -0.2) is 0 Å². The van der Waals surface area contributed by atoms with Gasteiger partial charge in [-0.3, -0.25) is 0 Å². The second-order valence-corrected chi connectivity index (χ2v) is 3.96. The molecule has 0 saturated carbocycles. The van der Waals surface area contributed by atoms with Gasteiger partial charge in [0.2, 0.25) is 0 Å². The first-order valence-corrected chi connectivity index (χ1v) is 5.75. The summed E-state index contributed by atoms with van der Waals surface area (Å²) in [6.07, 6.45) is 0. The van der Waals surface area contributed by atoms with Crippen molar-refractivity contribution in [1.82, 2.24) is 0 Å². The third kappa shape index (κ3) is 1.77. The minimum Gasteiger partial charge on any atom is -0.398 e. The Morgan fingerprint density at radius 1 is 0.933 bits per heavy atom. The molecule has 0 aliphatic carbocycles. The number of nitrogens with two attached hydrogens (primary N) is 1. The summed E-state index contributed by atoms with van der Waals surface area (Å²) in [4.78, 5) is 0. The van der Waals surface area contributed by atoms with Gasteiger partial charge in [-0.1, -0.05) is 24.3 Å². The van der Waals surface area contributed by atoms with Crippen LogP contribution in [0.4, 0.5) is 5.69 Å². The van der Waals surface area contributed by atoms with Crippen molar-refractivity contribution in [3.63, 3.8) is 0 Å². The molecule has 0 aliphatic heterocycles. The summed E-state index contributed by atoms with van der Waals surface area (Å²) in [6, 6.07) is 9.84. The van der Waals surface area contributed by atoms with Gasteiger partial charge in [0, 0.05) is 22.8 Å². The summed E-state index contributed by atoms with van der Waals surface area (Å²) in [5.41, 5.74) is 8.86. The van der Waals surface area contributed by atoms with E-state index in [0.29, 0.717) is 11.8 Å². The molecular formula is C12H11Cl2N. The molecule has 1 nitrogen and oxygen atoms in total. The molecule has 0 radical (unpaired) electrons. The molecule has 0 aliphatic rings. The van der Waals surface area contributed by atoms with Crippen LogP contribution in [-0.2, 0) is 11.8 Å². The molecular weight excluding hydrogens is 229 g/mol. The van der Waals surface area contributed by atoms with E-state index in [0.717, 1.165) is 27.6 Å². The van der Waals surface area contributed by atoms with E-state index in [1.807, 2.05) is 30.3 Å². The SMILES string of the molecule is Nc1cccc2c(CCl)ccc(CCl)c12. The number of halogens is 2. The van der Waals surface area contributed by atoms with Crippen LogP contribution in [0.2, 0.25) is 0 Å². The van der Waals surface area contributed by atoms with Crippen LogP contribution in [0.25, 0.3) is 10.8 Å². The Bertz CT molecular complexity index is 494. The maximum Gasteiger partial charge on any atom is 0.0481 e. The number of rotatable bonds is 2. The Morgan fingerprint density at radius 3 is 2.27 bits per heavy atom. The molecule has 2 aromatic rings. The fraction of sp³-hybridized carbons (Fsp3) is 0.167. The highest BCUT2D eigenvalue weighted by Gasteiger charge is 2.07. The molecule has 0 fully saturated rings. The van der Waals surface area contributed by atoms with Gasteiger partial charge >= 0.3 is 0 Å². The molecule has 0 bridgehead atoms. The Hall–Kier alpha value is -0.920. The monoisotopic (exact) mass is 239 g/mol. The summed E-state index contributed by atoms with van der Waals surface area (Å²) < 4.78 is 0. The molecule has 2 N–H and O–H groups in total. The first-order valence-electron chi connectivity index (χ1n) is 4.69. The van der Waals surface area contributed by atoms with Crippen LogP contribution in [0.1, 0.15) is 11.1 Å². The van der Waals surface area contributed by atoms with Crippen molar-refractivity contribution in [2.75, 3.05) is 5.73 Å². The van der Waals surface area contributed by atoms with Gasteiger partial charge in [0.15, 0.2) is 0 Å². The molecule has 0 saturated heterocycles. The van der Waals surface area contributed by atoms with Crippen molar-refractivity contribution in [2.24, 2.45) is 0 Å². The van der Waals surface area contributed by atoms with E-state index in [2.05, 4.69) is 0 Å². The molecule has 78 valence electrons. The average Bonchev–Trinajstić information content (AvgIpc) is 2.28. The Morgan fingerprint density at radius 2 is 1.60 bits per heavy atom. The van der Waals surface area contributed by atoms with Crippen LogP contribution in [0, 0.1) is 0 Å². The Balaban J connectivity index is 2.86. The van der Waals surface area contributed by atoms with Gasteiger partial charge in [-0.2, -0.15) is 0 Å². The minimum atomic E-state index is 0.466. The highest BCUT2D eigenvalue weighted by atomic mass is 35.5. The highest BCUT2D eigenvalue weighted by molar-refractivity contribution is 6.20. The Labute approximate surface area is 98.8 Å². The largest absolute Gasteiger partial charge is 0.398 e. The lowest BCUT2D eigenvalue weighted by Gasteiger charge is -2.10. The fourth-order valence-electron chi connectivity index (χ4n) is 1.80. The van der Waals surface area contributed by atoms with Crippen molar-refractivity contribution in [3.8, 4) is 0 Å². The molecule has 0 spiro atoms. The molecule has 0 aromatic heterocycles. The molecule has 15 heavy (non-hydrogen) atoms. The zero-order valence-electron chi connectivity index (χ0n) is 8.13. The zero-order chi connectivity index (χ0) is 10.8. The van der Waals surface area contributed by atoms with E-state index < -0.39 is 0 Å². The van der Waals surface area contributed by atoms with Gasteiger partial charge < -0.3 is 5.73 Å². The Kier molecular flexibility index (Phi) is 3.03. The van der Waals surface area contributed by atoms with E-state index in [-0.39, 0.29) is 0 Å². The third-order valence-electron chi connectivity index (χ3n) is 2.54. The van der Waals surface area contributed by atoms with E-state index in [1.165, 1.54) is 0 Å². The van der Waals surface area contributed by atoms with Crippen LogP contribution in [0.15, 0.2) is 30.3 Å². The molecule has 2 rings (SSSR count). The number of benzene rings is 2. The van der Waals surface area contributed by atoms with Gasteiger partial charge in [0.25, 0.3) is 0 Å².